The molecule has 1 nitrogen and oxygen atoms in total. The van der Waals surface area contributed by atoms with Gasteiger partial charge in [-0.3, -0.25) is 0 Å². The molecule has 0 bridgehead atoms. The summed E-state index contributed by atoms with van der Waals surface area (Å²) in [6.07, 6.45) is 10.4. The molecule has 1 aromatic rings. The second-order valence-corrected chi connectivity index (χ2v) is 7.35. The van der Waals surface area contributed by atoms with E-state index in [0.717, 1.165) is 0 Å². The Balaban J connectivity index is 2.60. The van der Waals surface area contributed by atoms with Crippen LogP contribution in [0.3, 0.4) is 0 Å². The molecule has 0 saturated carbocycles. The van der Waals surface area contributed by atoms with Crippen molar-refractivity contribution in [1.82, 2.24) is 0 Å². The molecule has 102 valence electrons. The van der Waals surface area contributed by atoms with E-state index in [4.69, 9.17) is 0 Å². The highest BCUT2D eigenvalue weighted by Crippen LogP contribution is 2.39. The third-order valence-electron chi connectivity index (χ3n) is 3.29. The van der Waals surface area contributed by atoms with Gasteiger partial charge in [0.2, 0.25) is 0 Å². The highest BCUT2D eigenvalue weighted by molar-refractivity contribution is 7.65. The predicted octanol–water partition coefficient (Wildman–Crippen LogP) is 4.88. The highest BCUT2D eigenvalue weighted by atomic mass is 31.1. The van der Waals surface area contributed by atoms with Crippen molar-refractivity contribution in [3.05, 3.63) is 24.3 Å². The van der Waals surface area contributed by atoms with Crippen LogP contribution < -0.4 is 5.30 Å². The van der Waals surface area contributed by atoms with Crippen LogP contribution >= 0.6 is 7.92 Å². The molecule has 2 heteroatoms. The first-order valence-electron chi connectivity index (χ1n) is 7.32. The van der Waals surface area contributed by atoms with Crippen molar-refractivity contribution in [2.75, 3.05) is 12.3 Å². The summed E-state index contributed by atoms with van der Waals surface area (Å²) in [7, 11) is -0.150. The fourth-order valence-corrected chi connectivity index (χ4v) is 4.80. The van der Waals surface area contributed by atoms with Crippen molar-refractivity contribution < 1.29 is 5.11 Å². The summed E-state index contributed by atoms with van der Waals surface area (Å²) < 4.78 is 0. The molecule has 0 atom stereocenters. The van der Waals surface area contributed by atoms with Crippen LogP contribution in [0.4, 0.5) is 0 Å². The van der Waals surface area contributed by atoms with Crippen molar-refractivity contribution >= 4 is 13.2 Å². The molecule has 1 rings (SSSR count). The normalized spacial score (nSPS) is 11.1. The van der Waals surface area contributed by atoms with Crippen molar-refractivity contribution in [1.29, 1.82) is 0 Å². The quantitative estimate of drug-likeness (QED) is 0.499. The van der Waals surface area contributed by atoms with Gasteiger partial charge in [0.25, 0.3) is 0 Å². The van der Waals surface area contributed by atoms with Crippen LogP contribution in [-0.4, -0.2) is 17.4 Å². The van der Waals surface area contributed by atoms with Gasteiger partial charge in [0.15, 0.2) is 0 Å². The lowest BCUT2D eigenvalue weighted by Gasteiger charge is -2.19. The van der Waals surface area contributed by atoms with Crippen LogP contribution in [0.1, 0.15) is 52.4 Å². The van der Waals surface area contributed by atoms with Gasteiger partial charge in [-0.25, -0.2) is 0 Å². The van der Waals surface area contributed by atoms with E-state index in [2.05, 4.69) is 26.0 Å². The molecule has 1 aromatic carbocycles. The van der Waals surface area contributed by atoms with Crippen LogP contribution in [0.5, 0.6) is 5.75 Å². The van der Waals surface area contributed by atoms with Crippen LogP contribution in [0.15, 0.2) is 24.3 Å². The molecular weight excluding hydrogens is 239 g/mol. The summed E-state index contributed by atoms with van der Waals surface area (Å²) in [4.78, 5) is 0. The highest BCUT2D eigenvalue weighted by Gasteiger charge is 2.13. The van der Waals surface area contributed by atoms with Crippen molar-refractivity contribution in [2.24, 2.45) is 0 Å². The molecule has 0 aromatic heterocycles. The van der Waals surface area contributed by atoms with E-state index in [-0.39, 0.29) is 7.92 Å². The SMILES string of the molecule is CCCCCP(CCCCC)c1ccccc1O. The number of benzene rings is 1. The van der Waals surface area contributed by atoms with Crippen molar-refractivity contribution in [3.63, 3.8) is 0 Å². The molecule has 0 heterocycles. The summed E-state index contributed by atoms with van der Waals surface area (Å²) in [5.41, 5.74) is 0. The van der Waals surface area contributed by atoms with Crippen molar-refractivity contribution in [2.45, 2.75) is 52.4 Å². The van der Waals surface area contributed by atoms with Gasteiger partial charge in [-0.05, 0) is 31.2 Å². The minimum atomic E-state index is -0.150. The van der Waals surface area contributed by atoms with Crippen molar-refractivity contribution in [3.8, 4) is 5.75 Å². The average molecular weight is 266 g/mol. The van der Waals surface area contributed by atoms with Crippen LogP contribution in [0.25, 0.3) is 0 Å². The maximum atomic E-state index is 10.0. The average Bonchev–Trinajstić information content (AvgIpc) is 2.38. The molecule has 0 spiro atoms. The van der Waals surface area contributed by atoms with E-state index in [1.54, 1.807) is 0 Å². The number of unbranched alkanes of at least 4 members (excludes halogenated alkanes) is 4. The molecule has 0 saturated heterocycles. The number of phenolic OH excluding ortho intramolecular Hbond substituents is 1. The molecule has 18 heavy (non-hydrogen) atoms. The molecule has 0 aliphatic heterocycles. The van der Waals surface area contributed by atoms with E-state index in [9.17, 15) is 5.11 Å². The summed E-state index contributed by atoms with van der Waals surface area (Å²) >= 11 is 0. The van der Waals surface area contributed by atoms with Gasteiger partial charge in [0, 0.05) is 5.30 Å². The summed E-state index contributed by atoms with van der Waals surface area (Å²) in [6, 6.07) is 7.94. The minimum absolute atomic E-state index is 0.150. The Morgan fingerprint density at radius 2 is 1.44 bits per heavy atom. The first kappa shape index (κ1) is 15.5. The smallest absolute Gasteiger partial charge is 0.123 e. The van der Waals surface area contributed by atoms with Gasteiger partial charge >= 0.3 is 0 Å². The first-order valence-corrected chi connectivity index (χ1v) is 9.03. The lowest BCUT2D eigenvalue weighted by Crippen LogP contribution is -2.07. The molecular formula is C16H27OP. The number of hydrogen-bond acceptors (Lipinski definition) is 1. The lowest BCUT2D eigenvalue weighted by molar-refractivity contribution is 0.479. The van der Waals surface area contributed by atoms with E-state index in [0.29, 0.717) is 5.75 Å². The van der Waals surface area contributed by atoms with Gasteiger partial charge in [0.1, 0.15) is 5.75 Å². The number of hydrogen-bond donors (Lipinski definition) is 1. The predicted molar refractivity (Wildman–Crippen MR) is 83.4 cm³/mol. The third kappa shape index (κ3) is 5.40. The summed E-state index contributed by atoms with van der Waals surface area (Å²) in [6.45, 7) is 4.50. The second kappa shape index (κ2) is 9.39. The fourth-order valence-electron chi connectivity index (χ4n) is 2.19. The van der Waals surface area contributed by atoms with Gasteiger partial charge in [-0.15, -0.1) is 0 Å². The largest absolute Gasteiger partial charge is 0.507 e. The van der Waals surface area contributed by atoms with E-state index in [1.807, 2.05) is 12.1 Å². The maximum Gasteiger partial charge on any atom is 0.123 e. The topological polar surface area (TPSA) is 20.2 Å². The van der Waals surface area contributed by atoms with Gasteiger partial charge in [-0.2, -0.15) is 0 Å². The molecule has 1 N–H and O–H groups in total. The fraction of sp³-hybridized carbons (Fsp3) is 0.625. The van der Waals surface area contributed by atoms with Gasteiger partial charge < -0.3 is 5.11 Å². The number of aromatic hydroxyl groups is 1. The van der Waals surface area contributed by atoms with Crippen LogP contribution in [-0.2, 0) is 0 Å². The molecule has 0 fully saturated rings. The van der Waals surface area contributed by atoms with E-state index >= 15 is 0 Å². The Labute approximate surface area is 113 Å². The zero-order valence-corrected chi connectivity index (χ0v) is 12.8. The summed E-state index contributed by atoms with van der Waals surface area (Å²) in [5.74, 6) is 0.511. The Bertz CT molecular complexity index is 315. The van der Waals surface area contributed by atoms with E-state index < -0.39 is 0 Å². The monoisotopic (exact) mass is 266 g/mol. The zero-order chi connectivity index (χ0) is 13.2. The summed E-state index contributed by atoms with van der Waals surface area (Å²) in [5, 5.41) is 11.2. The number of phenols is 1. The van der Waals surface area contributed by atoms with E-state index in [1.165, 1.54) is 56.2 Å². The third-order valence-corrected chi connectivity index (χ3v) is 6.06. The minimum Gasteiger partial charge on any atom is -0.507 e. The zero-order valence-electron chi connectivity index (χ0n) is 11.9. The Morgan fingerprint density at radius 3 is 1.94 bits per heavy atom. The Morgan fingerprint density at radius 1 is 0.889 bits per heavy atom. The molecule has 0 radical (unpaired) electrons. The molecule has 0 aliphatic carbocycles. The second-order valence-electron chi connectivity index (χ2n) is 4.89. The molecule has 0 unspecified atom stereocenters. The Kier molecular flexibility index (Phi) is 8.09. The number of rotatable bonds is 9. The maximum absolute atomic E-state index is 10.0. The van der Waals surface area contributed by atoms with Gasteiger partial charge in [0.05, 0.1) is 0 Å². The van der Waals surface area contributed by atoms with Crippen LogP contribution in [0.2, 0.25) is 0 Å². The number of para-hydroxylation sites is 1. The Hall–Kier alpha value is -0.550. The molecule has 0 aliphatic rings. The van der Waals surface area contributed by atoms with Gasteiger partial charge in [-0.1, -0.05) is 65.7 Å². The molecule has 0 amide bonds. The first-order chi connectivity index (χ1) is 8.79. The standard InChI is InChI=1S/C16H27OP/c1-3-5-9-13-18(14-10-6-4-2)16-12-8-7-11-15(16)17/h7-8,11-12,17H,3-6,9-10,13-14H2,1-2H3. The van der Waals surface area contributed by atoms with Crippen LogP contribution in [0, 0.1) is 0 Å². The lowest BCUT2D eigenvalue weighted by atomic mass is 10.3.